The summed E-state index contributed by atoms with van der Waals surface area (Å²) < 4.78 is 0. The molecule has 24 heavy (non-hydrogen) atoms. The van der Waals surface area contributed by atoms with Crippen molar-refractivity contribution in [1.82, 2.24) is 20.1 Å². The summed E-state index contributed by atoms with van der Waals surface area (Å²) in [6.45, 7) is 7.50. The molecule has 0 unspecified atom stereocenters. The molecule has 2 aliphatic heterocycles. The van der Waals surface area contributed by atoms with Gasteiger partial charge in [0.15, 0.2) is 5.13 Å². The molecule has 3 rings (SSSR count). The van der Waals surface area contributed by atoms with Gasteiger partial charge in [0, 0.05) is 38.1 Å². The number of hydrogen-bond donors (Lipinski definition) is 2. The summed E-state index contributed by atoms with van der Waals surface area (Å²) in [6.07, 6.45) is 2.58. The van der Waals surface area contributed by atoms with Crippen molar-refractivity contribution in [3.05, 3.63) is 11.1 Å². The van der Waals surface area contributed by atoms with Gasteiger partial charge in [0.05, 0.1) is 12.2 Å². The van der Waals surface area contributed by atoms with Gasteiger partial charge in [0.1, 0.15) is 0 Å². The Morgan fingerprint density at radius 1 is 1.12 bits per heavy atom. The number of likely N-dealkylation sites (tertiary alicyclic amines) is 1. The lowest BCUT2D eigenvalue weighted by atomic mass is 10.3. The molecule has 0 atom stereocenters. The van der Waals surface area contributed by atoms with Crippen molar-refractivity contribution in [3.63, 3.8) is 0 Å². The van der Waals surface area contributed by atoms with Gasteiger partial charge in [0.2, 0.25) is 5.91 Å². The van der Waals surface area contributed by atoms with E-state index < -0.39 is 0 Å². The summed E-state index contributed by atoms with van der Waals surface area (Å²) in [5.41, 5.74) is 1.07. The third kappa shape index (κ3) is 7.39. The molecule has 0 aromatic carbocycles. The van der Waals surface area contributed by atoms with E-state index in [1.807, 2.05) is 0 Å². The molecular weight excluding hydrogens is 393 g/mol. The molecule has 140 valence electrons. The van der Waals surface area contributed by atoms with Crippen LogP contribution in [0.3, 0.4) is 0 Å². The van der Waals surface area contributed by atoms with E-state index in [1.54, 1.807) is 0 Å². The number of carbonyl (C=O) groups excluding carboxylic acids is 1. The Labute approximate surface area is 166 Å². The van der Waals surface area contributed by atoms with E-state index >= 15 is 0 Å². The monoisotopic (exact) mass is 417 g/mol. The third-order valence-electron chi connectivity index (χ3n) is 3.96. The van der Waals surface area contributed by atoms with Gasteiger partial charge in [-0.15, -0.1) is 48.6 Å². The van der Waals surface area contributed by atoms with E-state index in [9.17, 15) is 4.79 Å². The summed E-state index contributed by atoms with van der Waals surface area (Å²) in [5, 5.41) is 8.99. The largest absolute Gasteiger partial charge is 0.314 e. The number of halogens is 3. The van der Waals surface area contributed by atoms with Crippen molar-refractivity contribution in [2.45, 2.75) is 19.4 Å². The zero-order valence-electron chi connectivity index (χ0n) is 13.5. The lowest BCUT2D eigenvalue weighted by Gasteiger charge is -2.26. The first kappa shape index (κ1) is 23.9. The van der Waals surface area contributed by atoms with Crippen LogP contribution >= 0.6 is 48.6 Å². The Morgan fingerprint density at radius 2 is 1.79 bits per heavy atom. The zero-order chi connectivity index (χ0) is 14.5. The predicted octanol–water partition coefficient (Wildman–Crippen LogP) is 1.85. The summed E-state index contributed by atoms with van der Waals surface area (Å²) >= 11 is 1.52. The molecule has 3 heterocycles. The van der Waals surface area contributed by atoms with Gasteiger partial charge in [-0.2, -0.15) is 0 Å². The minimum atomic E-state index is 0. The lowest BCUT2D eigenvalue weighted by Crippen LogP contribution is -2.46. The van der Waals surface area contributed by atoms with Gasteiger partial charge in [-0.3, -0.25) is 14.6 Å². The smallest absolute Gasteiger partial charge is 0.240 e. The SMILES string of the molecule is Cl.Cl.Cl.O=C(CN1CCNCC1)Nc1nc(CN2CCCC2)cs1. The molecule has 6 nitrogen and oxygen atoms in total. The highest BCUT2D eigenvalue weighted by atomic mass is 35.5. The molecule has 2 saturated heterocycles. The van der Waals surface area contributed by atoms with E-state index in [0.29, 0.717) is 6.54 Å². The minimum absolute atomic E-state index is 0. The Balaban J connectivity index is 0.00000176. The van der Waals surface area contributed by atoms with Crippen LogP contribution in [0.15, 0.2) is 5.38 Å². The molecule has 2 N–H and O–H groups in total. The quantitative estimate of drug-likeness (QED) is 0.764. The van der Waals surface area contributed by atoms with Crippen LogP contribution in [0.25, 0.3) is 0 Å². The molecule has 0 radical (unpaired) electrons. The van der Waals surface area contributed by atoms with E-state index in [0.717, 1.165) is 43.5 Å². The number of aromatic nitrogens is 1. The van der Waals surface area contributed by atoms with Crippen molar-refractivity contribution < 1.29 is 4.79 Å². The third-order valence-corrected chi connectivity index (χ3v) is 4.77. The van der Waals surface area contributed by atoms with Gasteiger partial charge in [-0.05, 0) is 25.9 Å². The number of piperazine rings is 1. The molecular formula is C14H26Cl3N5OS. The molecule has 1 aromatic heterocycles. The van der Waals surface area contributed by atoms with Crippen LogP contribution in [-0.4, -0.2) is 66.5 Å². The topological polar surface area (TPSA) is 60.5 Å². The van der Waals surface area contributed by atoms with Crippen LogP contribution in [0, 0.1) is 0 Å². The van der Waals surface area contributed by atoms with E-state index in [4.69, 9.17) is 0 Å². The van der Waals surface area contributed by atoms with Gasteiger partial charge in [0.25, 0.3) is 0 Å². The second-order valence-corrected chi connectivity index (χ2v) is 6.56. The van der Waals surface area contributed by atoms with Crippen LogP contribution < -0.4 is 10.6 Å². The maximum atomic E-state index is 12.0. The van der Waals surface area contributed by atoms with Gasteiger partial charge >= 0.3 is 0 Å². The number of thiazole rings is 1. The van der Waals surface area contributed by atoms with Crippen molar-refractivity contribution in [2.24, 2.45) is 0 Å². The number of amides is 1. The van der Waals surface area contributed by atoms with E-state index in [1.165, 1.54) is 37.3 Å². The van der Waals surface area contributed by atoms with E-state index in [2.05, 4.69) is 30.8 Å². The maximum absolute atomic E-state index is 12.0. The van der Waals surface area contributed by atoms with Gasteiger partial charge in [-0.25, -0.2) is 4.98 Å². The molecule has 2 fully saturated rings. The Morgan fingerprint density at radius 3 is 2.46 bits per heavy atom. The zero-order valence-corrected chi connectivity index (χ0v) is 16.8. The Hall–Kier alpha value is -0.150. The highest BCUT2D eigenvalue weighted by Crippen LogP contribution is 2.18. The maximum Gasteiger partial charge on any atom is 0.240 e. The summed E-state index contributed by atoms with van der Waals surface area (Å²) in [7, 11) is 0. The van der Waals surface area contributed by atoms with Crippen LogP contribution in [-0.2, 0) is 11.3 Å². The molecule has 10 heteroatoms. The van der Waals surface area contributed by atoms with Crippen LogP contribution in [0.2, 0.25) is 0 Å². The normalized spacial score (nSPS) is 18.2. The Kier molecular flexibility index (Phi) is 12.2. The molecule has 1 aromatic rings. The molecule has 0 spiro atoms. The number of rotatable bonds is 5. The fourth-order valence-electron chi connectivity index (χ4n) is 2.84. The number of nitrogens with zero attached hydrogens (tertiary/aromatic N) is 3. The fourth-order valence-corrected chi connectivity index (χ4v) is 3.56. The predicted molar refractivity (Wildman–Crippen MR) is 106 cm³/mol. The van der Waals surface area contributed by atoms with E-state index in [-0.39, 0.29) is 43.1 Å². The standard InChI is InChI=1S/C14H23N5OS.3ClH/c20-13(10-19-7-3-15-4-8-19)17-14-16-12(11-21-14)9-18-5-1-2-6-18;;;/h11,15H,1-10H2,(H,16,17,20);3*1H. The average molecular weight is 419 g/mol. The van der Waals surface area contributed by atoms with Crippen LogP contribution in [0.1, 0.15) is 18.5 Å². The van der Waals surface area contributed by atoms with Crippen LogP contribution in [0.5, 0.6) is 0 Å². The summed E-state index contributed by atoms with van der Waals surface area (Å²) in [4.78, 5) is 21.1. The summed E-state index contributed by atoms with van der Waals surface area (Å²) in [6, 6.07) is 0. The first-order valence-electron chi connectivity index (χ1n) is 7.69. The van der Waals surface area contributed by atoms with Gasteiger partial charge < -0.3 is 10.6 Å². The van der Waals surface area contributed by atoms with Crippen molar-refractivity contribution >= 4 is 59.6 Å². The number of hydrogen-bond acceptors (Lipinski definition) is 6. The molecule has 0 saturated carbocycles. The second-order valence-electron chi connectivity index (χ2n) is 5.70. The molecule has 2 aliphatic rings. The number of nitrogens with one attached hydrogen (secondary N) is 2. The number of anilines is 1. The first-order chi connectivity index (χ1) is 10.3. The average Bonchev–Trinajstić information content (AvgIpc) is 3.13. The molecule has 1 amide bonds. The van der Waals surface area contributed by atoms with Crippen LogP contribution in [0.4, 0.5) is 5.13 Å². The fraction of sp³-hybridized carbons (Fsp3) is 0.714. The lowest BCUT2D eigenvalue weighted by molar-refractivity contribution is -0.117. The Bertz CT molecular complexity index is 479. The van der Waals surface area contributed by atoms with Gasteiger partial charge in [-0.1, -0.05) is 0 Å². The first-order valence-corrected chi connectivity index (χ1v) is 8.57. The van der Waals surface area contributed by atoms with Crippen molar-refractivity contribution in [3.8, 4) is 0 Å². The summed E-state index contributed by atoms with van der Waals surface area (Å²) in [5.74, 6) is 0.0407. The number of carbonyl (C=O) groups is 1. The highest BCUT2D eigenvalue weighted by Gasteiger charge is 2.16. The second kappa shape index (κ2) is 12.2. The minimum Gasteiger partial charge on any atom is -0.314 e. The van der Waals surface area contributed by atoms with Crippen molar-refractivity contribution in [1.29, 1.82) is 0 Å². The molecule has 0 bridgehead atoms. The highest BCUT2D eigenvalue weighted by molar-refractivity contribution is 7.13. The van der Waals surface area contributed by atoms with Crippen molar-refractivity contribution in [2.75, 3.05) is 51.1 Å². The molecule has 0 aliphatic carbocycles.